The maximum atomic E-state index is 11.2. The Morgan fingerprint density at radius 2 is 2.16 bits per heavy atom. The summed E-state index contributed by atoms with van der Waals surface area (Å²) in [5.74, 6) is 0.0950. The first-order valence-electron chi connectivity index (χ1n) is 6.39. The fourth-order valence-electron chi connectivity index (χ4n) is 2.24. The van der Waals surface area contributed by atoms with E-state index < -0.39 is 5.97 Å². The van der Waals surface area contributed by atoms with E-state index in [1.807, 2.05) is 24.5 Å². The summed E-state index contributed by atoms with van der Waals surface area (Å²) in [6.07, 6.45) is 0.627. The Balaban J connectivity index is 2.66. The normalized spacial score (nSPS) is 11.4. The van der Waals surface area contributed by atoms with Crippen LogP contribution in [0.3, 0.4) is 0 Å². The van der Waals surface area contributed by atoms with Crippen LogP contribution < -0.4 is 0 Å². The highest BCUT2D eigenvalue weighted by Crippen LogP contribution is 2.24. The SMILES string of the molecule is CC(C)c1nc2c(C(=O)O)cccc2n1CCCO. The molecule has 0 aliphatic heterocycles. The van der Waals surface area contributed by atoms with E-state index in [0.29, 0.717) is 18.5 Å². The second-order valence-electron chi connectivity index (χ2n) is 4.83. The number of aliphatic hydroxyl groups excluding tert-OH is 1. The summed E-state index contributed by atoms with van der Waals surface area (Å²) in [6, 6.07) is 5.17. The summed E-state index contributed by atoms with van der Waals surface area (Å²) in [5.41, 5.74) is 1.57. The summed E-state index contributed by atoms with van der Waals surface area (Å²) >= 11 is 0. The number of hydrogen-bond donors (Lipinski definition) is 2. The monoisotopic (exact) mass is 262 g/mol. The minimum atomic E-state index is -0.965. The van der Waals surface area contributed by atoms with Crippen molar-refractivity contribution in [3.63, 3.8) is 0 Å². The van der Waals surface area contributed by atoms with E-state index in [0.717, 1.165) is 11.3 Å². The molecule has 0 saturated heterocycles. The van der Waals surface area contributed by atoms with Crippen LogP contribution in [0.1, 0.15) is 42.4 Å². The van der Waals surface area contributed by atoms with Gasteiger partial charge in [0.15, 0.2) is 0 Å². The van der Waals surface area contributed by atoms with Crippen LogP contribution in [-0.2, 0) is 6.54 Å². The van der Waals surface area contributed by atoms with Gasteiger partial charge >= 0.3 is 5.97 Å². The van der Waals surface area contributed by atoms with Crippen LogP contribution in [0.25, 0.3) is 11.0 Å². The Morgan fingerprint density at radius 1 is 1.42 bits per heavy atom. The van der Waals surface area contributed by atoms with Gasteiger partial charge in [0, 0.05) is 19.1 Å². The lowest BCUT2D eigenvalue weighted by atomic mass is 10.2. The number of carboxylic acids is 1. The number of para-hydroxylation sites is 1. The molecule has 0 amide bonds. The number of carbonyl (C=O) groups is 1. The van der Waals surface area contributed by atoms with Gasteiger partial charge in [-0.25, -0.2) is 9.78 Å². The third kappa shape index (κ3) is 2.46. The summed E-state index contributed by atoms with van der Waals surface area (Å²) in [7, 11) is 0. The number of carboxylic acid groups (broad SMARTS) is 1. The van der Waals surface area contributed by atoms with Crippen molar-refractivity contribution in [3.05, 3.63) is 29.6 Å². The van der Waals surface area contributed by atoms with Crippen LogP contribution in [0.4, 0.5) is 0 Å². The minimum Gasteiger partial charge on any atom is -0.478 e. The van der Waals surface area contributed by atoms with Crippen molar-refractivity contribution in [2.75, 3.05) is 6.61 Å². The lowest BCUT2D eigenvalue weighted by molar-refractivity contribution is 0.0699. The number of nitrogens with zero attached hydrogens (tertiary/aromatic N) is 2. The van der Waals surface area contributed by atoms with Crippen molar-refractivity contribution in [1.82, 2.24) is 9.55 Å². The second kappa shape index (κ2) is 5.40. The molecule has 0 fully saturated rings. The molecule has 0 radical (unpaired) electrons. The fraction of sp³-hybridized carbons (Fsp3) is 0.429. The molecule has 5 nitrogen and oxygen atoms in total. The van der Waals surface area contributed by atoms with Gasteiger partial charge in [-0.05, 0) is 18.6 Å². The van der Waals surface area contributed by atoms with E-state index in [9.17, 15) is 9.90 Å². The zero-order valence-corrected chi connectivity index (χ0v) is 11.1. The lowest BCUT2D eigenvalue weighted by Crippen LogP contribution is -2.06. The highest BCUT2D eigenvalue weighted by Gasteiger charge is 2.18. The molecule has 0 unspecified atom stereocenters. The zero-order chi connectivity index (χ0) is 14.0. The smallest absolute Gasteiger partial charge is 0.337 e. The maximum Gasteiger partial charge on any atom is 0.337 e. The van der Waals surface area contributed by atoms with E-state index in [2.05, 4.69) is 4.98 Å². The Bertz CT molecular complexity index is 602. The first-order chi connectivity index (χ1) is 9.06. The van der Waals surface area contributed by atoms with Crippen LogP contribution in [0.15, 0.2) is 18.2 Å². The Labute approximate surface area is 111 Å². The number of hydrogen-bond acceptors (Lipinski definition) is 3. The molecule has 2 rings (SSSR count). The largest absolute Gasteiger partial charge is 0.478 e. The van der Waals surface area contributed by atoms with Gasteiger partial charge in [-0.1, -0.05) is 19.9 Å². The van der Waals surface area contributed by atoms with Crippen molar-refractivity contribution in [3.8, 4) is 0 Å². The molecule has 5 heteroatoms. The summed E-state index contributed by atoms with van der Waals surface area (Å²) in [6.45, 7) is 4.80. The molecular formula is C14H18N2O3. The van der Waals surface area contributed by atoms with E-state index >= 15 is 0 Å². The number of benzene rings is 1. The average molecular weight is 262 g/mol. The molecule has 0 bridgehead atoms. The zero-order valence-electron chi connectivity index (χ0n) is 11.1. The fourth-order valence-corrected chi connectivity index (χ4v) is 2.24. The molecule has 0 atom stereocenters. The van der Waals surface area contributed by atoms with Crippen LogP contribution >= 0.6 is 0 Å². The third-order valence-electron chi connectivity index (χ3n) is 3.10. The predicted octanol–water partition coefficient (Wildman–Crippen LogP) is 2.24. The topological polar surface area (TPSA) is 75.3 Å². The number of fused-ring (bicyclic) bond motifs is 1. The molecule has 0 aliphatic carbocycles. The molecule has 1 aromatic carbocycles. The van der Waals surface area contributed by atoms with Crippen molar-refractivity contribution in [2.24, 2.45) is 0 Å². The van der Waals surface area contributed by atoms with Gasteiger partial charge in [0.2, 0.25) is 0 Å². The molecule has 0 spiro atoms. The summed E-state index contributed by atoms with van der Waals surface area (Å²) < 4.78 is 2.00. The molecule has 0 saturated carbocycles. The molecule has 2 N–H and O–H groups in total. The number of imidazole rings is 1. The Hall–Kier alpha value is -1.88. The Kier molecular flexibility index (Phi) is 3.85. The Morgan fingerprint density at radius 3 is 2.74 bits per heavy atom. The average Bonchev–Trinajstić information content (AvgIpc) is 2.74. The van der Waals surface area contributed by atoms with Gasteiger partial charge in [0.05, 0.1) is 11.1 Å². The standard InChI is InChI=1S/C14H18N2O3/c1-9(2)13-15-12-10(14(18)19)5-3-6-11(12)16(13)7-4-8-17/h3,5-6,9,17H,4,7-8H2,1-2H3,(H,18,19). The van der Waals surface area contributed by atoms with Gasteiger partial charge in [0.25, 0.3) is 0 Å². The first-order valence-corrected chi connectivity index (χ1v) is 6.39. The van der Waals surface area contributed by atoms with Gasteiger partial charge in [-0.3, -0.25) is 0 Å². The van der Waals surface area contributed by atoms with Crippen LogP contribution in [0.5, 0.6) is 0 Å². The van der Waals surface area contributed by atoms with E-state index in [1.165, 1.54) is 0 Å². The van der Waals surface area contributed by atoms with Gasteiger partial charge < -0.3 is 14.8 Å². The minimum absolute atomic E-state index is 0.107. The number of aromatic nitrogens is 2. The lowest BCUT2D eigenvalue weighted by Gasteiger charge is -2.10. The molecule has 2 aromatic rings. The van der Waals surface area contributed by atoms with Gasteiger partial charge in [0.1, 0.15) is 11.3 Å². The van der Waals surface area contributed by atoms with Crippen molar-refractivity contribution in [2.45, 2.75) is 32.7 Å². The summed E-state index contributed by atoms with van der Waals surface area (Å²) in [5, 5.41) is 18.2. The van der Waals surface area contributed by atoms with Crippen molar-refractivity contribution < 1.29 is 15.0 Å². The van der Waals surface area contributed by atoms with Crippen molar-refractivity contribution >= 4 is 17.0 Å². The molecule has 102 valence electrons. The molecule has 19 heavy (non-hydrogen) atoms. The molecule has 1 heterocycles. The molecule has 0 aliphatic rings. The highest BCUT2D eigenvalue weighted by atomic mass is 16.4. The van der Waals surface area contributed by atoms with Crippen LogP contribution in [0, 0.1) is 0 Å². The number of rotatable bonds is 5. The van der Waals surface area contributed by atoms with Crippen molar-refractivity contribution in [1.29, 1.82) is 0 Å². The summed E-state index contributed by atoms with van der Waals surface area (Å²) in [4.78, 5) is 15.7. The van der Waals surface area contributed by atoms with Gasteiger partial charge in [-0.15, -0.1) is 0 Å². The second-order valence-corrected chi connectivity index (χ2v) is 4.83. The first kappa shape index (κ1) is 13.5. The molecular weight excluding hydrogens is 244 g/mol. The molecule has 1 aromatic heterocycles. The predicted molar refractivity (Wildman–Crippen MR) is 72.5 cm³/mol. The number of aliphatic hydroxyl groups is 1. The quantitative estimate of drug-likeness (QED) is 0.866. The van der Waals surface area contributed by atoms with Gasteiger partial charge in [-0.2, -0.15) is 0 Å². The van der Waals surface area contributed by atoms with E-state index in [4.69, 9.17) is 5.11 Å². The van der Waals surface area contributed by atoms with Crippen LogP contribution in [-0.4, -0.2) is 32.3 Å². The third-order valence-corrected chi connectivity index (χ3v) is 3.10. The van der Waals surface area contributed by atoms with Crippen LogP contribution in [0.2, 0.25) is 0 Å². The highest BCUT2D eigenvalue weighted by molar-refractivity contribution is 6.01. The van der Waals surface area contributed by atoms with E-state index in [-0.39, 0.29) is 18.1 Å². The maximum absolute atomic E-state index is 11.2. The number of aromatic carboxylic acids is 1. The number of aryl methyl sites for hydroxylation is 1. The van der Waals surface area contributed by atoms with E-state index in [1.54, 1.807) is 12.1 Å².